The summed E-state index contributed by atoms with van der Waals surface area (Å²) in [5, 5.41) is 0. The minimum Gasteiger partial charge on any atom is -0.0575 e. The zero-order chi connectivity index (χ0) is 3.41. The second kappa shape index (κ2) is 2.65. The lowest BCUT2D eigenvalue weighted by Crippen LogP contribution is -1.37. The first-order chi connectivity index (χ1) is 1.91. The van der Waals surface area contributed by atoms with E-state index in [2.05, 4.69) is 0 Å². The van der Waals surface area contributed by atoms with Crippen molar-refractivity contribution in [1.29, 1.82) is 0 Å². The fourth-order valence-electron chi connectivity index (χ4n) is 0. The van der Waals surface area contributed by atoms with Gasteiger partial charge in [-0.05, 0) is 0 Å². The molecule has 0 aromatic carbocycles. The monoisotopic (exact) mass is 55.1 g/mol. The number of hydrogen-bond acceptors (Lipinski definition) is 0. The maximum Gasteiger partial charge on any atom is 0.201 e. The fourth-order valence-corrected chi connectivity index (χ4v) is 0. The summed E-state index contributed by atoms with van der Waals surface area (Å²) in [4.78, 5) is 0. The van der Waals surface area contributed by atoms with Crippen molar-refractivity contribution >= 4 is 0 Å². The van der Waals surface area contributed by atoms with Gasteiger partial charge in [-0.3, -0.25) is 0 Å². The van der Waals surface area contributed by atoms with Crippen LogP contribution in [0.25, 0.3) is 0 Å². The van der Waals surface area contributed by atoms with Crippen molar-refractivity contribution in [3.05, 3.63) is 12.7 Å². The van der Waals surface area contributed by atoms with Crippen LogP contribution in [0.1, 0.15) is 13.3 Å². The van der Waals surface area contributed by atoms with Crippen LogP contribution in [-0.4, -0.2) is 0 Å². The normalized spacial score (nSPS) is 6.00. The molecule has 0 saturated carbocycles. The van der Waals surface area contributed by atoms with Crippen LogP contribution in [0.4, 0.5) is 0 Å². The lowest BCUT2D eigenvalue weighted by atomic mass is 10.5. The molecule has 4 heavy (non-hydrogen) atoms. The Morgan fingerprint density at radius 3 is 2.25 bits per heavy atom. The molecular formula is C4H7+. The summed E-state index contributed by atoms with van der Waals surface area (Å²) in [5.74, 6) is 0. The van der Waals surface area contributed by atoms with E-state index in [1.807, 2.05) is 6.92 Å². The van der Waals surface area contributed by atoms with E-state index < -0.39 is 0 Å². The van der Waals surface area contributed by atoms with Crippen LogP contribution in [0.15, 0.2) is 6.08 Å². The Labute approximate surface area is 27.1 Å². The third kappa shape index (κ3) is 1.65. The van der Waals surface area contributed by atoms with E-state index in [9.17, 15) is 0 Å². The molecule has 0 nitrogen and oxygen atoms in total. The Hall–Kier alpha value is -0.350. The molecule has 0 rings (SSSR count). The van der Waals surface area contributed by atoms with Crippen molar-refractivity contribution in [2.24, 2.45) is 0 Å². The first-order valence-electron chi connectivity index (χ1n) is 1.45. The van der Waals surface area contributed by atoms with Crippen molar-refractivity contribution in [3.63, 3.8) is 0 Å². The van der Waals surface area contributed by atoms with Crippen LogP contribution in [0.5, 0.6) is 0 Å². The number of rotatable bonds is 1. The Morgan fingerprint density at radius 1 is 2.00 bits per heavy atom. The van der Waals surface area contributed by atoms with Crippen molar-refractivity contribution in [1.82, 2.24) is 0 Å². The van der Waals surface area contributed by atoms with E-state index in [4.69, 9.17) is 6.58 Å². The van der Waals surface area contributed by atoms with Crippen molar-refractivity contribution in [3.8, 4) is 0 Å². The highest BCUT2D eigenvalue weighted by atomic mass is 13.5. The van der Waals surface area contributed by atoms with Gasteiger partial charge in [-0.2, -0.15) is 0 Å². The van der Waals surface area contributed by atoms with Crippen LogP contribution in [0, 0.1) is 6.58 Å². The summed E-state index contributed by atoms with van der Waals surface area (Å²) in [6.07, 6.45) is 2.60. The largest absolute Gasteiger partial charge is 0.201 e. The van der Waals surface area contributed by atoms with Gasteiger partial charge < -0.3 is 0 Å². The molecule has 0 aliphatic rings. The molecule has 0 amide bonds. The molecular weight excluding hydrogens is 48.0 g/mol. The zero-order valence-electron chi connectivity index (χ0n) is 2.86. The second-order valence-electron chi connectivity index (χ2n) is 0.644. The standard InChI is InChI=1S/C4H7/c1-3-4-2/h1,3H,4H2,2H3/q+1. The molecule has 0 aromatic heterocycles. The molecule has 0 aliphatic carbocycles. The van der Waals surface area contributed by atoms with Gasteiger partial charge in [-0.1, -0.05) is 6.92 Å². The van der Waals surface area contributed by atoms with Crippen LogP contribution < -0.4 is 0 Å². The van der Waals surface area contributed by atoms with Crippen molar-refractivity contribution < 1.29 is 0 Å². The molecule has 0 spiro atoms. The summed E-state index contributed by atoms with van der Waals surface area (Å²) in [6.45, 7) is 6.90. The van der Waals surface area contributed by atoms with Crippen molar-refractivity contribution in [2.45, 2.75) is 13.3 Å². The quantitative estimate of drug-likeness (QED) is 0.397. The third-order valence-electron chi connectivity index (χ3n) is 0.236. The topological polar surface area (TPSA) is 0 Å². The SMILES string of the molecule is [CH+]=CCC. The Balaban J connectivity index is 2.30. The predicted octanol–water partition coefficient (Wildman–Crippen LogP) is 1.39. The summed E-state index contributed by atoms with van der Waals surface area (Å²) >= 11 is 0. The van der Waals surface area contributed by atoms with Crippen LogP contribution in [0.3, 0.4) is 0 Å². The summed E-state index contributed by atoms with van der Waals surface area (Å²) < 4.78 is 0. The first kappa shape index (κ1) is 3.65. The van der Waals surface area contributed by atoms with E-state index in [0.29, 0.717) is 0 Å². The van der Waals surface area contributed by atoms with Gasteiger partial charge in [0.25, 0.3) is 0 Å². The fraction of sp³-hybridized carbons (Fsp3) is 0.500. The minimum atomic E-state index is 0.972. The molecule has 0 radical (unpaired) electrons. The first-order valence-corrected chi connectivity index (χ1v) is 1.45. The molecule has 0 aromatic rings. The molecule has 22 valence electrons. The van der Waals surface area contributed by atoms with E-state index in [1.165, 1.54) is 0 Å². The van der Waals surface area contributed by atoms with Gasteiger partial charge in [0.15, 0.2) is 6.08 Å². The highest BCUT2D eigenvalue weighted by Gasteiger charge is 1.57. The van der Waals surface area contributed by atoms with Crippen LogP contribution in [-0.2, 0) is 0 Å². The van der Waals surface area contributed by atoms with Gasteiger partial charge in [0.1, 0.15) is 0 Å². The maximum atomic E-state index is 4.90. The van der Waals surface area contributed by atoms with E-state index in [-0.39, 0.29) is 0 Å². The predicted molar refractivity (Wildman–Crippen MR) is 19.2 cm³/mol. The zero-order valence-corrected chi connectivity index (χ0v) is 2.86. The maximum absolute atomic E-state index is 4.90. The minimum absolute atomic E-state index is 0.972. The molecule has 0 N–H and O–H groups in total. The Morgan fingerprint density at radius 2 is 2.25 bits per heavy atom. The lowest BCUT2D eigenvalue weighted by molar-refractivity contribution is 1.23. The third-order valence-corrected chi connectivity index (χ3v) is 0.236. The highest BCUT2D eigenvalue weighted by Crippen LogP contribution is 1.65. The lowest BCUT2D eigenvalue weighted by Gasteiger charge is -1.46. The summed E-state index contributed by atoms with van der Waals surface area (Å²) in [7, 11) is 0. The second-order valence-corrected chi connectivity index (χ2v) is 0.644. The number of allylic oxidation sites excluding steroid dienone is 1. The summed E-state index contributed by atoms with van der Waals surface area (Å²) in [6, 6.07) is 0. The molecule has 0 bridgehead atoms. The number of hydrogen-bond donors (Lipinski definition) is 0. The highest BCUT2D eigenvalue weighted by molar-refractivity contribution is 4.54. The average Bonchev–Trinajstić information content (AvgIpc) is 1.37. The summed E-state index contributed by atoms with van der Waals surface area (Å²) in [5.41, 5.74) is 0. The molecule has 0 unspecified atom stereocenters. The van der Waals surface area contributed by atoms with Gasteiger partial charge in [0, 0.05) is 6.42 Å². The van der Waals surface area contributed by atoms with Crippen molar-refractivity contribution in [2.75, 3.05) is 0 Å². The van der Waals surface area contributed by atoms with Gasteiger partial charge in [0.05, 0.1) is 0 Å². The van der Waals surface area contributed by atoms with E-state index in [1.54, 1.807) is 6.08 Å². The average molecular weight is 55.1 g/mol. The molecule has 0 heterocycles. The molecule has 0 heteroatoms. The van der Waals surface area contributed by atoms with E-state index >= 15 is 0 Å². The Kier molecular flexibility index (Phi) is 2.42. The molecule has 0 atom stereocenters. The van der Waals surface area contributed by atoms with Crippen LogP contribution in [0.2, 0.25) is 0 Å². The molecule has 0 aliphatic heterocycles. The molecule has 0 fully saturated rings. The van der Waals surface area contributed by atoms with E-state index in [0.717, 1.165) is 6.42 Å². The van der Waals surface area contributed by atoms with Crippen LogP contribution >= 0.6 is 0 Å². The Bertz CT molecular complexity index is 14.0. The van der Waals surface area contributed by atoms with Gasteiger partial charge in [-0.15, -0.1) is 0 Å². The smallest absolute Gasteiger partial charge is 0.0575 e. The van der Waals surface area contributed by atoms with Gasteiger partial charge in [-0.25, -0.2) is 0 Å². The van der Waals surface area contributed by atoms with Gasteiger partial charge in [0.2, 0.25) is 6.58 Å². The molecule has 0 saturated heterocycles. The van der Waals surface area contributed by atoms with Gasteiger partial charge >= 0.3 is 0 Å².